The largest absolute Gasteiger partial charge is 0.399 e. The fraction of sp³-hybridized carbons (Fsp3) is 0.308. The Balaban J connectivity index is 2.60. The molecule has 8 heteroatoms. The van der Waals surface area contributed by atoms with Crippen molar-refractivity contribution in [3.05, 3.63) is 35.6 Å². The quantitative estimate of drug-likeness (QED) is 0.633. The maximum absolute atomic E-state index is 13.1. The first-order chi connectivity index (χ1) is 9.97. The van der Waals surface area contributed by atoms with Crippen LogP contribution in [-0.4, -0.2) is 47.2 Å². The SMILES string of the molecule is CON=C(C)C1(NO)C(=O)N(C)N=C1c1ccc(F)cc1. The van der Waals surface area contributed by atoms with Crippen molar-refractivity contribution in [2.75, 3.05) is 14.2 Å². The van der Waals surface area contributed by atoms with E-state index in [4.69, 9.17) is 0 Å². The Hall–Kier alpha value is -2.32. The Bertz CT molecular complexity index is 614. The molecule has 1 atom stereocenters. The number of carbonyl (C=O) groups excluding carboxylic acids is 1. The van der Waals surface area contributed by atoms with Gasteiger partial charge in [-0.15, -0.1) is 0 Å². The van der Waals surface area contributed by atoms with E-state index in [1.54, 1.807) is 0 Å². The van der Waals surface area contributed by atoms with Gasteiger partial charge in [0.25, 0.3) is 5.91 Å². The predicted molar refractivity (Wildman–Crippen MR) is 73.5 cm³/mol. The molecule has 0 saturated heterocycles. The number of hydrogen-bond donors (Lipinski definition) is 2. The van der Waals surface area contributed by atoms with Crippen LogP contribution in [0.15, 0.2) is 34.5 Å². The van der Waals surface area contributed by atoms with Gasteiger partial charge in [0.15, 0.2) is 0 Å². The molecule has 0 spiro atoms. The van der Waals surface area contributed by atoms with Crippen LogP contribution >= 0.6 is 0 Å². The third-order valence-corrected chi connectivity index (χ3v) is 3.28. The molecule has 0 bridgehead atoms. The molecule has 0 saturated carbocycles. The maximum atomic E-state index is 13.1. The summed E-state index contributed by atoms with van der Waals surface area (Å²) in [7, 11) is 2.78. The molecular formula is C13H15FN4O3. The average molecular weight is 294 g/mol. The Labute approximate surface area is 120 Å². The van der Waals surface area contributed by atoms with E-state index in [1.165, 1.54) is 45.3 Å². The second kappa shape index (κ2) is 5.58. The molecule has 2 rings (SSSR count). The fourth-order valence-electron chi connectivity index (χ4n) is 2.21. The van der Waals surface area contributed by atoms with Crippen LogP contribution in [0.2, 0.25) is 0 Å². The first-order valence-corrected chi connectivity index (χ1v) is 6.10. The minimum atomic E-state index is -1.66. The number of carbonyl (C=O) groups is 1. The summed E-state index contributed by atoms with van der Waals surface area (Å²) in [5, 5.41) is 18.5. The van der Waals surface area contributed by atoms with Crippen LogP contribution in [0, 0.1) is 5.82 Å². The minimum absolute atomic E-state index is 0.171. The van der Waals surface area contributed by atoms with Crippen molar-refractivity contribution in [1.82, 2.24) is 10.5 Å². The van der Waals surface area contributed by atoms with Crippen molar-refractivity contribution < 1.29 is 19.2 Å². The molecule has 1 heterocycles. The molecule has 0 aliphatic carbocycles. The highest BCUT2D eigenvalue weighted by Gasteiger charge is 2.53. The molecule has 1 aromatic carbocycles. The van der Waals surface area contributed by atoms with Crippen molar-refractivity contribution in [2.24, 2.45) is 10.3 Å². The van der Waals surface area contributed by atoms with E-state index < -0.39 is 17.3 Å². The predicted octanol–water partition coefficient (Wildman–Crippen LogP) is 0.742. The summed E-state index contributed by atoms with van der Waals surface area (Å²) < 4.78 is 13.1. The van der Waals surface area contributed by atoms with E-state index in [-0.39, 0.29) is 11.4 Å². The fourth-order valence-corrected chi connectivity index (χ4v) is 2.21. The smallest absolute Gasteiger partial charge is 0.277 e. The summed E-state index contributed by atoms with van der Waals surface area (Å²) in [4.78, 5) is 17.1. The molecule has 112 valence electrons. The highest BCUT2D eigenvalue weighted by molar-refractivity contribution is 6.37. The van der Waals surface area contributed by atoms with Gasteiger partial charge < -0.3 is 10.0 Å². The van der Waals surface area contributed by atoms with E-state index in [1.807, 2.05) is 5.48 Å². The lowest BCUT2D eigenvalue weighted by Crippen LogP contribution is -2.61. The summed E-state index contributed by atoms with van der Waals surface area (Å²) in [6.45, 7) is 1.52. The van der Waals surface area contributed by atoms with Crippen LogP contribution in [0.1, 0.15) is 12.5 Å². The van der Waals surface area contributed by atoms with Crippen molar-refractivity contribution in [3.8, 4) is 0 Å². The minimum Gasteiger partial charge on any atom is -0.399 e. The van der Waals surface area contributed by atoms with E-state index in [0.717, 1.165) is 5.01 Å². The van der Waals surface area contributed by atoms with Gasteiger partial charge in [-0.2, -0.15) is 10.6 Å². The lowest BCUT2D eigenvalue weighted by atomic mass is 9.85. The Morgan fingerprint density at radius 2 is 2.10 bits per heavy atom. The number of likely N-dealkylation sites (N-methyl/N-ethyl adjacent to an activating group) is 1. The van der Waals surface area contributed by atoms with Crippen molar-refractivity contribution in [1.29, 1.82) is 0 Å². The zero-order valence-corrected chi connectivity index (χ0v) is 11.8. The number of rotatable bonds is 4. The van der Waals surface area contributed by atoms with Gasteiger partial charge in [0.1, 0.15) is 18.6 Å². The van der Waals surface area contributed by atoms with E-state index in [9.17, 15) is 14.4 Å². The molecule has 21 heavy (non-hydrogen) atoms. The number of nitrogens with one attached hydrogen (secondary N) is 1. The molecule has 1 amide bonds. The highest BCUT2D eigenvalue weighted by atomic mass is 19.1. The molecule has 1 aromatic rings. The number of nitrogens with zero attached hydrogens (tertiary/aromatic N) is 3. The molecule has 2 N–H and O–H groups in total. The van der Waals surface area contributed by atoms with Gasteiger partial charge >= 0.3 is 0 Å². The normalized spacial score (nSPS) is 22.5. The van der Waals surface area contributed by atoms with E-state index >= 15 is 0 Å². The Morgan fingerprint density at radius 1 is 1.48 bits per heavy atom. The zero-order valence-electron chi connectivity index (χ0n) is 11.8. The van der Waals surface area contributed by atoms with Gasteiger partial charge in [-0.25, -0.2) is 9.40 Å². The third kappa shape index (κ3) is 2.28. The zero-order chi connectivity index (χ0) is 15.6. The first kappa shape index (κ1) is 15.1. The van der Waals surface area contributed by atoms with Crippen LogP contribution in [0.3, 0.4) is 0 Å². The second-order valence-corrected chi connectivity index (χ2v) is 4.51. The number of halogens is 1. The van der Waals surface area contributed by atoms with E-state index in [2.05, 4.69) is 15.1 Å². The van der Waals surface area contributed by atoms with Gasteiger partial charge in [0.2, 0.25) is 5.54 Å². The monoisotopic (exact) mass is 294 g/mol. The van der Waals surface area contributed by atoms with Gasteiger partial charge in [-0.1, -0.05) is 17.3 Å². The summed E-state index contributed by atoms with van der Waals surface area (Å²) in [5.41, 5.74) is 1.16. The molecule has 1 aliphatic rings. The maximum Gasteiger partial charge on any atom is 0.277 e. The lowest BCUT2D eigenvalue weighted by Gasteiger charge is -2.26. The third-order valence-electron chi connectivity index (χ3n) is 3.28. The van der Waals surface area contributed by atoms with Crippen LogP contribution < -0.4 is 5.48 Å². The molecule has 0 radical (unpaired) electrons. The summed E-state index contributed by atoms with van der Waals surface area (Å²) in [6.07, 6.45) is 0. The number of oxime groups is 1. The van der Waals surface area contributed by atoms with Gasteiger partial charge in [-0.05, 0) is 19.1 Å². The van der Waals surface area contributed by atoms with Crippen molar-refractivity contribution in [3.63, 3.8) is 0 Å². The van der Waals surface area contributed by atoms with Gasteiger partial charge in [0.05, 0.1) is 5.71 Å². The summed E-state index contributed by atoms with van der Waals surface area (Å²) in [6, 6.07) is 5.41. The molecule has 0 aromatic heterocycles. The number of hydrazone groups is 1. The van der Waals surface area contributed by atoms with E-state index in [0.29, 0.717) is 5.56 Å². The molecule has 1 unspecified atom stereocenters. The van der Waals surface area contributed by atoms with Crippen LogP contribution in [0.25, 0.3) is 0 Å². The summed E-state index contributed by atoms with van der Waals surface area (Å²) >= 11 is 0. The van der Waals surface area contributed by atoms with Crippen molar-refractivity contribution in [2.45, 2.75) is 12.5 Å². The Morgan fingerprint density at radius 3 is 2.62 bits per heavy atom. The molecule has 0 fully saturated rings. The Kier molecular flexibility index (Phi) is 4.01. The van der Waals surface area contributed by atoms with Crippen LogP contribution in [-0.2, 0) is 9.63 Å². The number of benzene rings is 1. The van der Waals surface area contributed by atoms with Crippen molar-refractivity contribution >= 4 is 17.3 Å². The number of hydroxylamine groups is 1. The molecule has 7 nitrogen and oxygen atoms in total. The highest BCUT2D eigenvalue weighted by Crippen LogP contribution is 2.26. The number of hydrogen-bond acceptors (Lipinski definition) is 6. The number of amides is 1. The lowest BCUT2D eigenvalue weighted by molar-refractivity contribution is -0.133. The average Bonchev–Trinajstić information content (AvgIpc) is 2.73. The first-order valence-electron chi connectivity index (χ1n) is 6.10. The topological polar surface area (TPSA) is 86.5 Å². The van der Waals surface area contributed by atoms with Crippen LogP contribution in [0.5, 0.6) is 0 Å². The second-order valence-electron chi connectivity index (χ2n) is 4.51. The van der Waals surface area contributed by atoms with Gasteiger partial charge in [-0.3, -0.25) is 4.79 Å². The molecular weight excluding hydrogens is 279 g/mol. The summed E-state index contributed by atoms with van der Waals surface area (Å²) in [5.74, 6) is -0.940. The molecule has 1 aliphatic heterocycles. The standard InChI is InChI=1S/C13H15FN4O3/c1-8(16-21-3)13(17-20)11(15-18(2)12(13)19)9-4-6-10(14)7-5-9/h4-7,17,20H,1-3H3. The van der Waals surface area contributed by atoms with Gasteiger partial charge in [0, 0.05) is 12.6 Å². The van der Waals surface area contributed by atoms with Crippen LogP contribution in [0.4, 0.5) is 4.39 Å².